The molecular weight excluding hydrogens is 596 g/mol. The number of aliphatic carboxylic acids is 1. The number of esters is 1. The number of carbonyl (C=O) groups excluding carboxylic acids is 2. The Morgan fingerprint density at radius 1 is 0.574 bits per heavy atom. The Kier molecular flexibility index (Phi) is 39.0. The van der Waals surface area contributed by atoms with Gasteiger partial charge in [0.05, 0.1) is 18.8 Å². The third-order valence-corrected chi connectivity index (χ3v) is 8.08. The van der Waals surface area contributed by atoms with E-state index in [0.29, 0.717) is 6.42 Å². The zero-order valence-corrected chi connectivity index (χ0v) is 30.3. The number of rotatable bonds is 33. The van der Waals surface area contributed by atoms with E-state index in [0.717, 1.165) is 116 Å². The number of allylic oxidation sites excluding steroid dienone is 2. The van der Waals surface area contributed by atoms with E-state index < -0.39 is 12.1 Å². The van der Waals surface area contributed by atoms with Gasteiger partial charge in [0.25, 0.3) is 0 Å². The largest absolute Gasteiger partial charge is 0.550 e. The average Bonchev–Trinajstić information content (AvgIpc) is 3.05. The van der Waals surface area contributed by atoms with Crippen LogP contribution < -0.4 is 5.11 Å². The molecule has 0 bridgehead atoms. The molecule has 1 unspecified atom stereocenters. The molecule has 0 fully saturated rings. The monoisotopic (exact) mass is 670 g/mol. The van der Waals surface area contributed by atoms with Gasteiger partial charge in [-0.2, -0.15) is 0 Å². The van der Waals surface area contributed by atoms with Gasteiger partial charge in [0.15, 0.2) is 0 Å². The Morgan fingerprint density at radius 2 is 1.00 bits per heavy atom. The summed E-state index contributed by atoms with van der Waals surface area (Å²) in [5.41, 5.74) is 0. The molecule has 0 aromatic carbocycles. The minimum Gasteiger partial charge on any atom is -0.550 e. The van der Waals surface area contributed by atoms with Gasteiger partial charge in [-0.15, -0.1) is 0 Å². The van der Waals surface area contributed by atoms with Crippen LogP contribution in [0.1, 0.15) is 181 Å². The molecule has 0 saturated carbocycles. The molecule has 0 radical (unpaired) electrons. The standard InChI is InChI=1S/C21H40O5.C18H34O3/c1-2-3-4-11-14-19(23)15-12-9-7-5-6-8-10-13-16-21(25)26-18-20(24)17-22;1-2-3-4-11-14-17(19)15-12-9-7-5-6-8-10-13-16-18(20)21/h9,12,19-20,22-24H,2-8,10-11,13-18H2,1H3;9,12,17,19H,2-8,10-11,13-16H2,1H3,(H,20,21)/p-1/t19-,20?;17-/m11/s1. The van der Waals surface area contributed by atoms with Crippen molar-refractivity contribution < 1.29 is 39.9 Å². The van der Waals surface area contributed by atoms with Crippen LogP contribution in [-0.4, -0.2) is 63.9 Å². The van der Waals surface area contributed by atoms with Gasteiger partial charge in [-0.25, -0.2) is 0 Å². The van der Waals surface area contributed by atoms with Crippen molar-refractivity contribution in [2.75, 3.05) is 13.2 Å². The normalized spacial score (nSPS) is 13.4. The zero-order chi connectivity index (χ0) is 35.2. The molecule has 0 aromatic heterocycles. The molecule has 0 saturated heterocycles. The van der Waals surface area contributed by atoms with Crippen molar-refractivity contribution in [1.82, 2.24) is 0 Å². The smallest absolute Gasteiger partial charge is 0.305 e. The molecule has 4 N–H and O–H groups in total. The highest BCUT2D eigenvalue weighted by Gasteiger charge is 2.07. The lowest BCUT2D eigenvalue weighted by molar-refractivity contribution is -0.305. The highest BCUT2D eigenvalue weighted by molar-refractivity contribution is 5.69. The second-order valence-corrected chi connectivity index (χ2v) is 12.9. The molecule has 0 amide bonds. The van der Waals surface area contributed by atoms with E-state index in [9.17, 15) is 24.9 Å². The van der Waals surface area contributed by atoms with Gasteiger partial charge in [0, 0.05) is 12.4 Å². The fourth-order valence-electron chi connectivity index (χ4n) is 5.03. The summed E-state index contributed by atoms with van der Waals surface area (Å²) in [4.78, 5) is 21.6. The van der Waals surface area contributed by atoms with Crippen LogP contribution in [0.3, 0.4) is 0 Å². The predicted molar refractivity (Wildman–Crippen MR) is 191 cm³/mol. The van der Waals surface area contributed by atoms with Gasteiger partial charge in [0.1, 0.15) is 12.7 Å². The maximum Gasteiger partial charge on any atom is 0.305 e. The molecule has 8 heteroatoms. The van der Waals surface area contributed by atoms with Crippen LogP contribution >= 0.6 is 0 Å². The van der Waals surface area contributed by atoms with E-state index in [4.69, 9.17) is 14.9 Å². The lowest BCUT2D eigenvalue weighted by Crippen LogP contribution is -2.21. The lowest BCUT2D eigenvalue weighted by atomic mass is 10.1. The van der Waals surface area contributed by atoms with E-state index in [-0.39, 0.29) is 37.8 Å². The first-order valence-electron chi connectivity index (χ1n) is 19.1. The van der Waals surface area contributed by atoms with E-state index in [2.05, 4.69) is 38.2 Å². The fourth-order valence-corrected chi connectivity index (χ4v) is 5.03. The van der Waals surface area contributed by atoms with Gasteiger partial charge < -0.3 is 35.1 Å². The molecule has 8 nitrogen and oxygen atoms in total. The summed E-state index contributed by atoms with van der Waals surface area (Å²) in [6, 6.07) is 0. The van der Waals surface area contributed by atoms with Gasteiger partial charge in [-0.1, -0.05) is 128 Å². The minimum absolute atomic E-state index is 0.130. The number of ether oxygens (including phenoxy) is 1. The lowest BCUT2D eigenvalue weighted by Gasteiger charge is -2.08. The summed E-state index contributed by atoms with van der Waals surface area (Å²) in [6.45, 7) is 3.87. The van der Waals surface area contributed by atoms with Crippen LogP contribution in [0, 0.1) is 0 Å². The summed E-state index contributed by atoms with van der Waals surface area (Å²) in [6.07, 6.45) is 33.2. The first-order valence-corrected chi connectivity index (χ1v) is 19.1. The van der Waals surface area contributed by atoms with Gasteiger partial charge in [0.2, 0.25) is 0 Å². The highest BCUT2D eigenvalue weighted by Crippen LogP contribution is 2.12. The van der Waals surface area contributed by atoms with Crippen molar-refractivity contribution in [3.05, 3.63) is 24.3 Å². The zero-order valence-electron chi connectivity index (χ0n) is 30.3. The van der Waals surface area contributed by atoms with Crippen molar-refractivity contribution in [2.24, 2.45) is 0 Å². The SMILES string of the molecule is CCCCCC[C@@H](O)CC=CCCCCCCCC(=O)OCC(O)CO.CCCCCC[C@@H](O)CC=CCCCCCCCC(=O)[O-]. The molecule has 0 aliphatic rings. The Morgan fingerprint density at radius 3 is 1.45 bits per heavy atom. The molecule has 0 aromatic rings. The van der Waals surface area contributed by atoms with Crippen LogP contribution in [0.2, 0.25) is 0 Å². The summed E-state index contributed by atoms with van der Waals surface area (Å²) in [5, 5.41) is 47.6. The molecule has 0 heterocycles. The minimum atomic E-state index is -0.978. The summed E-state index contributed by atoms with van der Waals surface area (Å²) in [5.74, 6) is -1.25. The Labute approximate surface area is 288 Å². The van der Waals surface area contributed by atoms with Crippen molar-refractivity contribution in [3.8, 4) is 0 Å². The van der Waals surface area contributed by atoms with Gasteiger partial charge >= 0.3 is 5.97 Å². The van der Waals surface area contributed by atoms with E-state index in [1.807, 2.05) is 0 Å². The number of unbranched alkanes of at least 4 members (excludes halogenated alkanes) is 16. The van der Waals surface area contributed by atoms with E-state index in [1.54, 1.807) is 0 Å². The van der Waals surface area contributed by atoms with Crippen LogP contribution in [-0.2, 0) is 14.3 Å². The quantitative estimate of drug-likeness (QED) is 0.0317. The van der Waals surface area contributed by atoms with Crippen molar-refractivity contribution >= 4 is 11.9 Å². The summed E-state index contributed by atoms with van der Waals surface area (Å²) >= 11 is 0. The average molecular weight is 670 g/mol. The topological polar surface area (TPSA) is 147 Å². The summed E-state index contributed by atoms with van der Waals surface area (Å²) < 4.78 is 4.84. The first-order chi connectivity index (χ1) is 22.8. The number of carbonyl (C=O) groups is 2. The number of carboxylic acid groups (broad SMARTS) is 1. The molecule has 3 atom stereocenters. The molecule has 278 valence electrons. The van der Waals surface area contributed by atoms with Crippen LogP contribution in [0.15, 0.2) is 24.3 Å². The Balaban J connectivity index is 0. The Bertz CT molecular complexity index is 724. The molecule has 0 aliphatic carbocycles. The number of aliphatic hydroxyl groups excluding tert-OH is 4. The van der Waals surface area contributed by atoms with Crippen molar-refractivity contribution in [3.63, 3.8) is 0 Å². The van der Waals surface area contributed by atoms with Gasteiger partial charge in [-0.3, -0.25) is 4.79 Å². The van der Waals surface area contributed by atoms with Crippen molar-refractivity contribution in [2.45, 2.75) is 199 Å². The van der Waals surface area contributed by atoms with E-state index in [1.165, 1.54) is 38.5 Å². The third kappa shape index (κ3) is 42.2. The van der Waals surface area contributed by atoms with Crippen LogP contribution in [0.25, 0.3) is 0 Å². The maximum absolute atomic E-state index is 11.4. The third-order valence-electron chi connectivity index (χ3n) is 8.08. The highest BCUT2D eigenvalue weighted by atomic mass is 16.5. The molecule has 0 aliphatic heterocycles. The van der Waals surface area contributed by atoms with Gasteiger partial charge in [-0.05, 0) is 70.6 Å². The first kappa shape index (κ1) is 47.4. The number of hydrogen-bond acceptors (Lipinski definition) is 8. The summed E-state index contributed by atoms with van der Waals surface area (Å²) in [7, 11) is 0. The number of aliphatic hydroxyl groups is 4. The molecular formula is C39H73O8-. The van der Waals surface area contributed by atoms with Crippen molar-refractivity contribution in [1.29, 1.82) is 0 Å². The fraction of sp³-hybridized carbons (Fsp3) is 0.846. The Hall–Kier alpha value is -1.74. The number of hydrogen-bond donors (Lipinski definition) is 4. The number of carboxylic acids is 1. The molecule has 0 rings (SSSR count). The second-order valence-electron chi connectivity index (χ2n) is 12.9. The predicted octanol–water partition coefficient (Wildman–Crippen LogP) is 7.64. The second kappa shape index (κ2) is 38.7. The van der Waals surface area contributed by atoms with Crippen LogP contribution in [0.5, 0.6) is 0 Å². The maximum atomic E-state index is 11.4. The molecule has 47 heavy (non-hydrogen) atoms. The van der Waals surface area contributed by atoms with E-state index >= 15 is 0 Å². The molecule has 0 spiro atoms. The van der Waals surface area contributed by atoms with Crippen LogP contribution in [0.4, 0.5) is 0 Å².